The molecule has 2 fully saturated rings. The third kappa shape index (κ3) is 43.6. The van der Waals surface area contributed by atoms with Gasteiger partial charge in [0.25, 0.3) is 0 Å². The molecule has 14 heteroatoms. The number of carbonyl (C=O) groups is 1. The van der Waals surface area contributed by atoms with Crippen molar-refractivity contribution in [2.75, 3.05) is 19.8 Å². The number of hydrogen-bond donors (Lipinski definition) is 9. The number of ether oxygens (including phenoxy) is 4. The van der Waals surface area contributed by atoms with E-state index < -0.39 is 86.8 Å². The first-order chi connectivity index (χ1) is 44.1. The van der Waals surface area contributed by atoms with Crippen LogP contribution in [0.15, 0.2) is 60.8 Å². The minimum absolute atomic E-state index is 0.234. The van der Waals surface area contributed by atoms with Gasteiger partial charge in [-0.2, -0.15) is 0 Å². The second-order valence-electron chi connectivity index (χ2n) is 26.4. The molecule has 0 bridgehead atoms. The Morgan fingerprint density at radius 1 is 0.411 bits per heavy atom. The Hall–Kier alpha value is -2.31. The average Bonchev–Trinajstić information content (AvgIpc) is 1.58. The van der Waals surface area contributed by atoms with Crippen LogP contribution in [0.25, 0.3) is 0 Å². The van der Waals surface area contributed by atoms with Crippen LogP contribution in [-0.4, -0.2) is 140 Å². The Balaban J connectivity index is 1.54. The zero-order valence-electron chi connectivity index (χ0n) is 57.4. The first-order valence-electron chi connectivity index (χ1n) is 37.5. The van der Waals surface area contributed by atoms with Gasteiger partial charge in [-0.3, -0.25) is 4.79 Å². The van der Waals surface area contributed by atoms with Gasteiger partial charge in [-0.15, -0.1) is 0 Å². The molecule has 0 aromatic carbocycles. The summed E-state index contributed by atoms with van der Waals surface area (Å²) in [6.07, 6.45) is 64.6. The molecule has 2 rings (SSSR count). The molecule has 12 atom stereocenters. The van der Waals surface area contributed by atoms with Gasteiger partial charge in [-0.05, 0) is 57.8 Å². The molecule has 0 saturated carbocycles. The molecule has 12 unspecified atom stereocenters. The van der Waals surface area contributed by atoms with E-state index in [1.165, 1.54) is 231 Å². The lowest BCUT2D eigenvalue weighted by molar-refractivity contribution is -0.359. The number of nitrogens with one attached hydrogen (secondary N) is 1. The summed E-state index contributed by atoms with van der Waals surface area (Å²) in [4.78, 5) is 13.3. The third-order valence-electron chi connectivity index (χ3n) is 18.2. The number of amides is 1. The van der Waals surface area contributed by atoms with Crippen molar-refractivity contribution >= 4 is 5.91 Å². The summed E-state index contributed by atoms with van der Waals surface area (Å²) in [5.74, 6) is -0.234. The van der Waals surface area contributed by atoms with Crippen LogP contribution in [0, 0.1) is 0 Å². The van der Waals surface area contributed by atoms with Crippen LogP contribution in [0.2, 0.25) is 0 Å². The third-order valence-corrected chi connectivity index (χ3v) is 18.2. The van der Waals surface area contributed by atoms with E-state index in [9.17, 15) is 45.6 Å². The fourth-order valence-electron chi connectivity index (χ4n) is 12.3. The van der Waals surface area contributed by atoms with Crippen LogP contribution in [0.5, 0.6) is 0 Å². The minimum Gasteiger partial charge on any atom is -0.394 e. The van der Waals surface area contributed by atoms with E-state index in [0.29, 0.717) is 6.42 Å². The summed E-state index contributed by atoms with van der Waals surface area (Å²) < 4.78 is 22.8. The van der Waals surface area contributed by atoms with Crippen molar-refractivity contribution < 1.29 is 64.6 Å². The Kier molecular flexibility index (Phi) is 56.2. The summed E-state index contributed by atoms with van der Waals surface area (Å²) in [7, 11) is 0. The number of unbranched alkanes of at least 4 members (excludes halogenated alkanes) is 41. The van der Waals surface area contributed by atoms with Gasteiger partial charge in [-0.1, -0.05) is 319 Å². The summed E-state index contributed by atoms with van der Waals surface area (Å²) in [5, 5.41) is 87.4. The summed E-state index contributed by atoms with van der Waals surface area (Å²) in [5.41, 5.74) is 0. The number of hydrogen-bond acceptors (Lipinski definition) is 13. The van der Waals surface area contributed by atoms with E-state index in [4.69, 9.17) is 18.9 Å². The van der Waals surface area contributed by atoms with Crippen molar-refractivity contribution in [3.63, 3.8) is 0 Å². The minimum atomic E-state index is -1.79. The Morgan fingerprint density at radius 3 is 1.18 bits per heavy atom. The fraction of sp³-hybridized carbons (Fsp3) is 0.855. The lowest BCUT2D eigenvalue weighted by Crippen LogP contribution is -2.65. The standard InChI is InChI=1S/C76H139NO13/c1-3-5-7-9-11-13-15-17-19-20-21-22-23-24-25-26-27-28-29-30-31-32-33-34-35-36-37-38-39-40-41-42-43-44-46-48-50-52-54-56-58-60-68(81)77-64(65(80)59-57-55-53-51-49-47-45-18-16-14-12-10-8-6-4-2)63-87-75-73(86)71(84)74(67(62-79)89-75)90-76-72(85)70(83)69(82)66(61-78)88-76/h5,7,11,13,17,19,21-22,57,59,64-67,69-76,78-80,82-86H,3-4,6,8-10,12,14-16,18,20,23-56,58,60-63H2,1-2H3,(H,77,81)/b7-5-,13-11-,19-17-,22-21-,59-57+. The molecule has 0 aromatic rings. The summed E-state index contributed by atoms with van der Waals surface area (Å²) in [6.45, 7) is 2.72. The highest BCUT2D eigenvalue weighted by atomic mass is 16.7. The van der Waals surface area contributed by atoms with Crippen LogP contribution in [-0.2, 0) is 23.7 Å². The van der Waals surface area contributed by atoms with Crippen molar-refractivity contribution in [3.8, 4) is 0 Å². The first kappa shape index (κ1) is 83.8. The van der Waals surface area contributed by atoms with Gasteiger partial charge >= 0.3 is 0 Å². The van der Waals surface area contributed by atoms with Crippen molar-refractivity contribution in [2.45, 2.75) is 396 Å². The van der Waals surface area contributed by atoms with E-state index in [-0.39, 0.29) is 18.9 Å². The molecule has 2 aliphatic rings. The van der Waals surface area contributed by atoms with Gasteiger partial charge in [-0.25, -0.2) is 0 Å². The van der Waals surface area contributed by atoms with Gasteiger partial charge < -0.3 is 65.1 Å². The maximum absolute atomic E-state index is 13.3. The van der Waals surface area contributed by atoms with Gasteiger partial charge in [0.1, 0.15) is 48.8 Å². The average molecular weight is 1270 g/mol. The Labute approximate surface area is 549 Å². The number of aliphatic hydroxyl groups is 8. The monoisotopic (exact) mass is 1270 g/mol. The van der Waals surface area contributed by atoms with Gasteiger partial charge in [0, 0.05) is 6.42 Å². The highest BCUT2D eigenvalue weighted by molar-refractivity contribution is 5.76. The van der Waals surface area contributed by atoms with Gasteiger partial charge in [0.15, 0.2) is 12.6 Å². The van der Waals surface area contributed by atoms with Crippen LogP contribution in [0.3, 0.4) is 0 Å². The molecule has 14 nitrogen and oxygen atoms in total. The van der Waals surface area contributed by atoms with Crippen LogP contribution in [0.1, 0.15) is 322 Å². The van der Waals surface area contributed by atoms with E-state index in [1.807, 2.05) is 6.08 Å². The van der Waals surface area contributed by atoms with Crippen LogP contribution >= 0.6 is 0 Å². The topological polar surface area (TPSA) is 228 Å². The van der Waals surface area contributed by atoms with E-state index >= 15 is 0 Å². The second kappa shape index (κ2) is 60.4. The second-order valence-corrected chi connectivity index (χ2v) is 26.4. The number of carbonyl (C=O) groups excluding carboxylic acids is 1. The molecule has 526 valence electrons. The highest BCUT2D eigenvalue weighted by Gasteiger charge is 2.51. The molecular formula is C76H139NO13. The molecule has 0 aromatic heterocycles. The predicted molar refractivity (Wildman–Crippen MR) is 369 cm³/mol. The molecule has 9 N–H and O–H groups in total. The molecule has 2 saturated heterocycles. The van der Waals surface area contributed by atoms with E-state index in [0.717, 1.165) is 64.2 Å². The summed E-state index contributed by atoms with van der Waals surface area (Å²) in [6, 6.07) is -0.913. The van der Waals surface area contributed by atoms with E-state index in [1.54, 1.807) is 6.08 Å². The van der Waals surface area contributed by atoms with Crippen LogP contribution in [0.4, 0.5) is 0 Å². The van der Waals surface area contributed by atoms with Gasteiger partial charge in [0.05, 0.1) is 32.0 Å². The zero-order chi connectivity index (χ0) is 65.2. The van der Waals surface area contributed by atoms with Crippen molar-refractivity contribution in [1.29, 1.82) is 0 Å². The smallest absolute Gasteiger partial charge is 0.220 e. The van der Waals surface area contributed by atoms with E-state index in [2.05, 4.69) is 67.8 Å². The Morgan fingerprint density at radius 2 is 0.767 bits per heavy atom. The van der Waals surface area contributed by atoms with Crippen molar-refractivity contribution in [3.05, 3.63) is 60.8 Å². The number of aliphatic hydroxyl groups excluding tert-OH is 8. The molecule has 0 aliphatic carbocycles. The fourth-order valence-corrected chi connectivity index (χ4v) is 12.3. The molecule has 1 amide bonds. The number of rotatable bonds is 62. The summed E-state index contributed by atoms with van der Waals surface area (Å²) >= 11 is 0. The lowest BCUT2D eigenvalue weighted by Gasteiger charge is -2.46. The first-order valence-corrected chi connectivity index (χ1v) is 37.5. The number of allylic oxidation sites excluding steroid dienone is 9. The maximum Gasteiger partial charge on any atom is 0.220 e. The normalized spacial score (nSPS) is 23.2. The maximum atomic E-state index is 13.3. The molecular weight excluding hydrogens is 1130 g/mol. The Bertz CT molecular complexity index is 1740. The molecule has 0 radical (unpaired) electrons. The SMILES string of the molecule is CC/C=C\C/C=C\C/C=C\C/C=C\CCCCCCCCCCCCCCCCCCCCCCCCCCCCCCC(=O)NC(COC1OC(CO)C(OC2OC(CO)C(O)C(O)C2O)C(O)C1O)C(O)/C=C/CCCCCCCCCCCCCCC. The van der Waals surface area contributed by atoms with Crippen molar-refractivity contribution in [1.82, 2.24) is 5.32 Å². The highest BCUT2D eigenvalue weighted by Crippen LogP contribution is 2.30. The quantitative estimate of drug-likeness (QED) is 0.0204. The molecule has 2 aliphatic heterocycles. The molecule has 90 heavy (non-hydrogen) atoms. The largest absolute Gasteiger partial charge is 0.394 e. The molecule has 0 spiro atoms. The lowest BCUT2D eigenvalue weighted by atomic mass is 9.97. The van der Waals surface area contributed by atoms with Crippen molar-refractivity contribution in [2.24, 2.45) is 0 Å². The predicted octanol–water partition coefficient (Wildman–Crippen LogP) is 16.0. The van der Waals surface area contributed by atoms with Gasteiger partial charge in [0.2, 0.25) is 5.91 Å². The van der Waals surface area contributed by atoms with Crippen LogP contribution < -0.4 is 5.32 Å². The zero-order valence-corrected chi connectivity index (χ0v) is 57.4. The molecule has 2 heterocycles.